The number of aryl methyl sites for hydroxylation is 1. The summed E-state index contributed by atoms with van der Waals surface area (Å²) in [5.74, 6) is -0.461. The summed E-state index contributed by atoms with van der Waals surface area (Å²) < 4.78 is 13.3. The summed E-state index contributed by atoms with van der Waals surface area (Å²) in [6.07, 6.45) is 0. The van der Waals surface area contributed by atoms with Crippen LogP contribution in [0.1, 0.15) is 18.1 Å². The van der Waals surface area contributed by atoms with Crippen molar-refractivity contribution >= 4 is 23.2 Å². The molecule has 5 heteroatoms. The molecule has 0 spiro atoms. The predicted octanol–water partition coefficient (Wildman–Crippen LogP) is 4.02. The predicted molar refractivity (Wildman–Crippen MR) is 94.8 cm³/mol. The van der Waals surface area contributed by atoms with Crippen LogP contribution in [0.15, 0.2) is 42.5 Å². The van der Waals surface area contributed by atoms with Gasteiger partial charge in [0.05, 0.1) is 11.1 Å². The van der Waals surface area contributed by atoms with E-state index >= 15 is 0 Å². The Labute approximate surface area is 146 Å². The van der Waals surface area contributed by atoms with Gasteiger partial charge in [-0.05, 0) is 43.2 Å². The summed E-state index contributed by atoms with van der Waals surface area (Å²) in [6, 6.07) is 12.4. The molecule has 0 saturated carbocycles. The van der Waals surface area contributed by atoms with Crippen LogP contribution in [0.4, 0.5) is 10.1 Å². The van der Waals surface area contributed by atoms with E-state index in [0.717, 1.165) is 13.1 Å². The molecular formula is C19H20ClFN2O. The van der Waals surface area contributed by atoms with Crippen LogP contribution in [0.25, 0.3) is 0 Å². The third kappa shape index (κ3) is 3.30. The number of amides is 1. The molecule has 1 heterocycles. The Kier molecular flexibility index (Phi) is 4.88. The van der Waals surface area contributed by atoms with Crippen LogP contribution in [0.2, 0.25) is 5.02 Å². The SMILES string of the molecule is Cc1ccccc1CN1CCN(c2ccc(F)c(Cl)c2)C(=O)[C@@H]1C. The zero-order chi connectivity index (χ0) is 17.3. The Morgan fingerprint density at radius 2 is 1.96 bits per heavy atom. The van der Waals surface area contributed by atoms with Gasteiger partial charge < -0.3 is 4.90 Å². The van der Waals surface area contributed by atoms with E-state index in [4.69, 9.17) is 11.6 Å². The van der Waals surface area contributed by atoms with Gasteiger partial charge in [0.1, 0.15) is 5.82 Å². The van der Waals surface area contributed by atoms with E-state index in [9.17, 15) is 9.18 Å². The van der Waals surface area contributed by atoms with Crippen LogP contribution in [0.5, 0.6) is 0 Å². The fourth-order valence-electron chi connectivity index (χ4n) is 3.05. The average Bonchev–Trinajstić information content (AvgIpc) is 2.57. The molecule has 3 nitrogen and oxygen atoms in total. The molecule has 0 aliphatic carbocycles. The molecule has 1 fully saturated rings. The van der Waals surface area contributed by atoms with E-state index < -0.39 is 5.82 Å². The summed E-state index contributed by atoms with van der Waals surface area (Å²) in [7, 11) is 0. The summed E-state index contributed by atoms with van der Waals surface area (Å²) in [5, 5.41) is 0.0373. The Morgan fingerprint density at radius 1 is 1.21 bits per heavy atom. The minimum absolute atomic E-state index is 0.0116. The van der Waals surface area contributed by atoms with Crippen LogP contribution in [0, 0.1) is 12.7 Å². The third-order valence-corrected chi connectivity index (χ3v) is 4.92. The zero-order valence-corrected chi connectivity index (χ0v) is 14.6. The number of hydrogen-bond acceptors (Lipinski definition) is 2. The van der Waals surface area contributed by atoms with Gasteiger partial charge in [0.25, 0.3) is 0 Å². The highest BCUT2D eigenvalue weighted by atomic mass is 35.5. The number of anilines is 1. The quantitative estimate of drug-likeness (QED) is 0.838. The lowest BCUT2D eigenvalue weighted by atomic mass is 10.1. The first kappa shape index (κ1) is 16.9. The van der Waals surface area contributed by atoms with E-state index in [1.54, 1.807) is 11.0 Å². The van der Waals surface area contributed by atoms with Crippen LogP contribution < -0.4 is 4.90 Å². The molecule has 0 bridgehead atoms. The molecule has 0 radical (unpaired) electrons. The lowest BCUT2D eigenvalue weighted by molar-refractivity contribution is -0.125. The molecule has 126 valence electrons. The lowest BCUT2D eigenvalue weighted by Gasteiger charge is -2.39. The minimum atomic E-state index is -0.473. The second-order valence-corrected chi connectivity index (χ2v) is 6.57. The second kappa shape index (κ2) is 6.91. The van der Waals surface area contributed by atoms with Crippen molar-refractivity contribution in [3.8, 4) is 0 Å². The molecule has 2 aromatic rings. The fraction of sp³-hybridized carbons (Fsp3) is 0.316. The summed E-state index contributed by atoms with van der Waals surface area (Å²) >= 11 is 5.85. The van der Waals surface area contributed by atoms with Gasteiger partial charge in [0.15, 0.2) is 0 Å². The van der Waals surface area contributed by atoms with Gasteiger partial charge in [-0.1, -0.05) is 35.9 Å². The van der Waals surface area contributed by atoms with Gasteiger partial charge in [-0.2, -0.15) is 0 Å². The Balaban J connectivity index is 1.76. The van der Waals surface area contributed by atoms with Crippen molar-refractivity contribution in [1.29, 1.82) is 0 Å². The van der Waals surface area contributed by atoms with Crippen molar-refractivity contribution in [2.24, 2.45) is 0 Å². The van der Waals surface area contributed by atoms with Gasteiger partial charge in [-0.15, -0.1) is 0 Å². The fourth-order valence-corrected chi connectivity index (χ4v) is 3.22. The molecule has 1 aliphatic rings. The normalized spacial score (nSPS) is 18.9. The van der Waals surface area contributed by atoms with Crippen LogP contribution in [-0.2, 0) is 11.3 Å². The second-order valence-electron chi connectivity index (χ2n) is 6.16. The number of nitrogens with zero attached hydrogens (tertiary/aromatic N) is 2. The van der Waals surface area contributed by atoms with E-state index in [2.05, 4.69) is 24.0 Å². The highest BCUT2D eigenvalue weighted by molar-refractivity contribution is 6.31. The molecule has 1 atom stereocenters. The number of piperazine rings is 1. The van der Waals surface area contributed by atoms with E-state index in [-0.39, 0.29) is 17.0 Å². The van der Waals surface area contributed by atoms with Gasteiger partial charge in [-0.3, -0.25) is 9.69 Å². The lowest BCUT2D eigenvalue weighted by Crippen LogP contribution is -2.55. The van der Waals surface area contributed by atoms with Gasteiger partial charge in [-0.25, -0.2) is 4.39 Å². The first-order chi connectivity index (χ1) is 11.5. The molecule has 1 amide bonds. The largest absolute Gasteiger partial charge is 0.310 e. The number of benzene rings is 2. The molecule has 0 N–H and O–H groups in total. The smallest absolute Gasteiger partial charge is 0.244 e. The van der Waals surface area contributed by atoms with E-state index in [1.165, 1.54) is 23.3 Å². The molecule has 3 rings (SSSR count). The average molecular weight is 347 g/mol. The summed E-state index contributed by atoms with van der Waals surface area (Å²) in [6.45, 7) is 6.07. The van der Waals surface area contributed by atoms with Crippen molar-refractivity contribution < 1.29 is 9.18 Å². The molecule has 1 saturated heterocycles. The van der Waals surface area contributed by atoms with Gasteiger partial charge >= 0.3 is 0 Å². The maximum atomic E-state index is 13.3. The van der Waals surface area contributed by atoms with E-state index in [0.29, 0.717) is 12.2 Å². The first-order valence-corrected chi connectivity index (χ1v) is 8.40. The molecule has 2 aromatic carbocycles. The standard InChI is InChI=1S/C19H20ClFN2O/c1-13-5-3-4-6-15(13)12-22-9-10-23(19(24)14(22)2)16-7-8-18(21)17(20)11-16/h3-8,11,14H,9-10,12H2,1-2H3/t14-/m0/s1. The van der Waals surface area contributed by atoms with Crippen molar-refractivity contribution in [2.75, 3.05) is 18.0 Å². The summed E-state index contributed by atoms with van der Waals surface area (Å²) in [5.41, 5.74) is 3.11. The Bertz CT molecular complexity index is 765. The first-order valence-electron chi connectivity index (χ1n) is 8.02. The number of rotatable bonds is 3. The molecule has 24 heavy (non-hydrogen) atoms. The van der Waals surface area contributed by atoms with Crippen molar-refractivity contribution in [2.45, 2.75) is 26.4 Å². The number of carbonyl (C=O) groups is 1. The number of hydrogen-bond donors (Lipinski definition) is 0. The van der Waals surface area contributed by atoms with Crippen LogP contribution in [0.3, 0.4) is 0 Å². The van der Waals surface area contributed by atoms with Crippen LogP contribution in [-0.4, -0.2) is 29.9 Å². The van der Waals surface area contributed by atoms with Crippen molar-refractivity contribution in [1.82, 2.24) is 4.90 Å². The topological polar surface area (TPSA) is 23.6 Å². The third-order valence-electron chi connectivity index (χ3n) is 4.63. The highest BCUT2D eigenvalue weighted by Gasteiger charge is 2.32. The zero-order valence-electron chi connectivity index (χ0n) is 13.8. The maximum absolute atomic E-state index is 13.3. The molecule has 1 aliphatic heterocycles. The van der Waals surface area contributed by atoms with Gasteiger partial charge in [0, 0.05) is 25.3 Å². The molecular weight excluding hydrogens is 327 g/mol. The number of carbonyl (C=O) groups excluding carboxylic acids is 1. The summed E-state index contributed by atoms with van der Waals surface area (Å²) in [4.78, 5) is 16.6. The Hall–Kier alpha value is -1.91. The van der Waals surface area contributed by atoms with E-state index in [1.807, 2.05) is 19.1 Å². The van der Waals surface area contributed by atoms with Gasteiger partial charge in [0.2, 0.25) is 5.91 Å². The van der Waals surface area contributed by atoms with Crippen molar-refractivity contribution in [3.05, 3.63) is 64.4 Å². The Morgan fingerprint density at radius 3 is 2.67 bits per heavy atom. The minimum Gasteiger partial charge on any atom is -0.310 e. The maximum Gasteiger partial charge on any atom is 0.244 e. The monoisotopic (exact) mass is 346 g/mol. The number of halogens is 2. The molecule has 0 unspecified atom stereocenters. The molecule has 0 aromatic heterocycles. The van der Waals surface area contributed by atoms with Crippen molar-refractivity contribution in [3.63, 3.8) is 0 Å². The van der Waals surface area contributed by atoms with Crippen LogP contribution >= 0.6 is 11.6 Å². The highest BCUT2D eigenvalue weighted by Crippen LogP contribution is 2.26.